The molecular weight excluding hydrogens is 400 g/mol. The minimum absolute atomic E-state index is 0.0625. The lowest BCUT2D eigenvalue weighted by atomic mass is 10.1. The van der Waals surface area contributed by atoms with E-state index in [0.717, 1.165) is 16.4 Å². The van der Waals surface area contributed by atoms with Gasteiger partial charge in [-0.05, 0) is 42.8 Å². The lowest BCUT2D eigenvalue weighted by Crippen LogP contribution is -2.39. The molecule has 0 bridgehead atoms. The highest BCUT2D eigenvalue weighted by Crippen LogP contribution is 2.45. The van der Waals surface area contributed by atoms with Crippen molar-refractivity contribution in [3.63, 3.8) is 0 Å². The van der Waals surface area contributed by atoms with Crippen LogP contribution in [0.15, 0.2) is 53.4 Å². The predicted molar refractivity (Wildman–Crippen MR) is 101 cm³/mol. The van der Waals surface area contributed by atoms with E-state index in [1.54, 1.807) is 13.0 Å². The summed E-state index contributed by atoms with van der Waals surface area (Å²) in [5, 5.41) is 18.9. The van der Waals surface area contributed by atoms with Crippen molar-refractivity contribution < 1.29 is 22.3 Å². The first-order valence-electron chi connectivity index (χ1n) is 8.74. The number of hydrogen-bond donors (Lipinski definition) is 1. The Morgan fingerprint density at radius 1 is 1.07 bits per heavy atom. The normalized spacial score (nSPS) is 15.5. The van der Waals surface area contributed by atoms with Crippen LogP contribution in [0.4, 0.5) is 14.5 Å². The van der Waals surface area contributed by atoms with Crippen LogP contribution in [0.5, 0.6) is 5.75 Å². The molecule has 2 aromatic carbocycles. The number of benzene rings is 2. The van der Waals surface area contributed by atoms with Crippen molar-refractivity contribution in [1.82, 2.24) is 4.57 Å². The van der Waals surface area contributed by atoms with E-state index in [9.17, 15) is 27.6 Å². The van der Waals surface area contributed by atoms with Gasteiger partial charge in [0.25, 0.3) is 10.0 Å². The van der Waals surface area contributed by atoms with Gasteiger partial charge in [0.05, 0.1) is 22.3 Å². The molecule has 0 radical (unpaired) electrons. The van der Waals surface area contributed by atoms with Crippen molar-refractivity contribution in [2.75, 3.05) is 4.31 Å². The summed E-state index contributed by atoms with van der Waals surface area (Å²) >= 11 is 0. The SMILES string of the molecule is CCC1c2ccc(C#N)n2-c2cc(F)c(F)cc2N1S(=O)(=O)c1ccc(O)cc1. The molecule has 1 aliphatic heterocycles. The highest BCUT2D eigenvalue weighted by Gasteiger charge is 2.40. The van der Waals surface area contributed by atoms with E-state index in [1.165, 1.54) is 34.9 Å². The first-order valence-corrected chi connectivity index (χ1v) is 10.2. The van der Waals surface area contributed by atoms with Gasteiger partial charge >= 0.3 is 0 Å². The Bertz CT molecular complexity index is 1260. The Morgan fingerprint density at radius 3 is 2.28 bits per heavy atom. The number of aromatic hydroxyl groups is 1. The second kappa shape index (κ2) is 6.60. The van der Waals surface area contributed by atoms with E-state index in [1.807, 2.05) is 6.07 Å². The highest BCUT2D eigenvalue weighted by atomic mass is 32.2. The summed E-state index contributed by atoms with van der Waals surface area (Å²) in [6, 6.07) is 11.0. The number of phenolic OH excluding ortho intramolecular Hbond substituents is 1. The molecule has 0 aliphatic carbocycles. The van der Waals surface area contributed by atoms with Gasteiger partial charge in [-0.3, -0.25) is 4.31 Å². The van der Waals surface area contributed by atoms with Gasteiger partial charge in [-0.2, -0.15) is 5.26 Å². The van der Waals surface area contributed by atoms with Crippen LogP contribution in [-0.2, 0) is 10.0 Å². The summed E-state index contributed by atoms with van der Waals surface area (Å²) in [7, 11) is -4.19. The van der Waals surface area contributed by atoms with E-state index in [-0.39, 0.29) is 27.7 Å². The van der Waals surface area contributed by atoms with Gasteiger partial charge in [0, 0.05) is 17.8 Å². The van der Waals surface area contributed by atoms with E-state index < -0.39 is 27.7 Å². The molecule has 1 aliphatic rings. The Labute approximate surface area is 165 Å². The number of anilines is 1. The smallest absolute Gasteiger partial charge is 0.265 e. The molecule has 148 valence electrons. The number of sulfonamides is 1. The van der Waals surface area contributed by atoms with Gasteiger partial charge in [-0.1, -0.05) is 6.92 Å². The molecule has 0 amide bonds. The molecule has 0 fully saturated rings. The van der Waals surface area contributed by atoms with Crippen LogP contribution < -0.4 is 4.31 Å². The van der Waals surface area contributed by atoms with Crippen LogP contribution in [0.1, 0.15) is 30.8 Å². The van der Waals surface area contributed by atoms with Crippen LogP contribution >= 0.6 is 0 Å². The molecule has 1 N–H and O–H groups in total. The molecule has 2 heterocycles. The molecule has 6 nitrogen and oxygen atoms in total. The Morgan fingerprint density at radius 2 is 1.69 bits per heavy atom. The number of rotatable bonds is 3. The van der Waals surface area contributed by atoms with Crippen molar-refractivity contribution in [3.05, 3.63) is 71.6 Å². The average Bonchev–Trinajstić information content (AvgIpc) is 3.12. The Hall–Kier alpha value is -3.38. The Kier molecular flexibility index (Phi) is 4.31. The van der Waals surface area contributed by atoms with E-state index in [4.69, 9.17) is 0 Å². The molecular formula is C20H15F2N3O3S. The van der Waals surface area contributed by atoms with Crippen LogP contribution in [0.2, 0.25) is 0 Å². The molecule has 0 saturated carbocycles. The molecule has 0 spiro atoms. The molecule has 9 heteroatoms. The molecule has 0 saturated heterocycles. The van der Waals surface area contributed by atoms with Crippen molar-refractivity contribution in [3.8, 4) is 17.5 Å². The summed E-state index contributed by atoms with van der Waals surface area (Å²) in [5.74, 6) is -2.45. The van der Waals surface area contributed by atoms with Crippen molar-refractivity contribution >= 4 is 15.7 Å². The minimum atomic E-state index is -4.19. The number of phenols is 1. The van der Waals surface area contributed by atoms with Crippen LogP contribution in [0.25, 0.3) is 5.69 Å². The summed E-state index contributed by atoms with van der Waals surface area (Å²) in [6.45, 7) is 1.76. The zero-order chi connectivity index (χ0) is 20.9. The number of nitrogens with zero attached hydrogens (tertiary/aromatic N) is 3. The zero-order valence-electron chi connectivity index (χ0n) is 15.2. The minimum Gasteiger partial charge on any atom is -0.508 e. The van der Waals surface area contributed by atoms with E-state index in [0.29, 0.717) is 12.1 Å². The Balaban J connectivity index is 2.04. The van der Waals surface area contributed by atoms with Gasteiger partial charge in [0.15, 0.2) is 11.6 Å². The number of aromatic nitrogens is 1. The van der Waals surface area contributed by atoms with Gasteiger partial charge in [-0.15, -0.1) is 0 Å². The van der Waals surface area contributed by atoms with Crippen LogP contribution in [0.3, 0.4) is 0 Å². The van der Waals surface area contributed by atoms with Crippen LogP contribution in [-0.4, -0.2) is 18.1 Å². The number of fused-ring (bicyclic) bond motifs is 3. The fourth-order valence-electron chi connectivity index (χ4n) is 3.64. The van der Waals surface area contributed by atoms with Crippen molar-refractivity contribution in [2.24, 2.45) is 0 Å². The molecule has 29 heavy (non-hydrogen) atoms. The van der Waals surface area contributed by atoms with Gasteiger partial charge in [0.1, 0.15) is 17.5 Å². The topological polar surface area (TPSA) is 86.3 Å². The van der Waals surface area contributed by atoms with Gasteiger partial charge < -0.3 is 9.67 Å². The second-order valence-electron chi connectivity index (χ2n) is 6.56. The zero-order valence-corrected chi connectivity index (χ0v) is 16.0. The molecule has 1 aromatic heterocycles. The third kappa shape index (κ3) is 2.76. The lowest BCUT2D eigenvalue weighted by Gasteiger charge is -2.38. The van der Waals surface area contributed by atoms with E-state index >= 15 is 0 Å². The standard InChI is InChI=1S/C20H15F2N3O3S/c1-2-17-18-8-3-12(11-23)24(18)19-9-15(21)16(22)10-20(19)25(17)29(27,28)14-6-4-13(26)5-7-14/h3-10,17,26H,2H2,1H3. The lowest BCUT2D eigenvalue weighted by molar-refractivity contribution is 0.474. The summed E-state index contributed by atoms with van der Waals surface area (Å²) in [5.41, 5.74) is 0.661. The molecule has 1 unspecified atom stereocenters. The molecule has 3 aromatic rings. The van der Waals surface area contributed by atoms with Crippen LogP contribution in [0, 0.1) is 23.0 Å². The fraction of sp³-hybridized carbons (Fsp3) is 0.150. The summed E-state index contributed by atoms with van der Waals surface area (Å²) < 4.78 is 57.6. The third-order valence-corrected chi connectivity index (χ3v) is 6.76. The number of nitriles is 1. The number of halogens is 2. The quantitative estimate of drug-likeness (QED) is 0.701. The predicted octanol–water partition coefficient (Wildman–Crippen LogP) is 3.99. The largest absolute Gasteiger partial charge is 0.508 e. The molecule has 1 atom stereocenters. The first-order chi connectivity index (χ1) is 13.8. The summed E-state index contributed by atoms with van der Waals surface area (Å²) in [4.78, 5) is -0.107. The van der Waals surface area contributed by atoms with Crippen molar-refractivity contribution in [1.29, 1.82) is 5.26 Å². The van der Waals surface area contributed by atoms with Crippen molar-refractivity contribution in [2.45, 2.75) is 24.3 Å². The van der Waals surface area contributed by atoms with Gasteiger partial charge in [-0.25, -0.2) is 17.2 Å². The monoisotopic (exact) mass is 415 g/mol. The second-order valence-corrected chi connectivity index (χ2v) is 8.38. The highest BCUT2D eigenvalue weighted by molar-refractivity contribution is 7.92. The maximum absolute atomic E-state index is 14.1. The average molecular weight is 415 g/mol. The van der Waals surface area contributed by atoms with E-state index in [2.05, 4.69) is 0 Å². The third-order valence-electron chi connectivity index (χ3n) is 4.93. The maximum Gasteiger partial charge on any atom is 0.265 e. The molecule has 4 rings (SSSR count). The first kappa shape index (κ1) is 19.0. The fourth-order valence-corrected chi connectivity index (χ4v) is 5.35. The summed E-state index contributed by atoms with van der Waals surface area (Å²) in [6.07, 6.45) is 0.324. The number of hydrogen-bond acceptors (Lipinski definition) is 4. The van der Waals surface area contributed by atoms with Gasteiger partial charge in [0.2, 0.25) is 0 Å². The maximum atomic E-state index is 14.1.